The Morgan fingerprint density at radius 2 is 1.88 bits per heavy atom. The van der Waals surface area contributed by atoms with Gasteiger partial charge < -0.3 is 15.8 Å². The summed E-state index contributed by atoms with van der Waals surface area (Å²) in [4.78, 5) is 12.1. The Kier molecular flexibility index (Phi) is 4.40. The molecule has 4 heteroatoms. The summed E-state index contributed by atoms with van der Waals surface area (Å²) in [5.74, 6) is 0.628. The Hall–Kier alpha value is -0.610. The van der Waals surface area contributed by atoms with E-state index >= 15 is 0 Å². The van der Waals surface area contributed by atoms with Crippen LogP contribution in [0.4, 0.5) is 0 Å². The zero-order chi connectivity index (χ0) is 12.1. The minimum absolute atomic E-state index is 0.0590. The SMILES string of the molecule is NC1(C(=O)NCC2CCOCC2)CCCCC1. The summed E-state index contributed by atoms with van der Waals surface area (Å²) < 4.78 is 5.31. The molecular weight excluding hydrogens is 216 g/mol. The number of nitrogens with one attached hydrogen (secondary N) is 1. The van der Waals surface area contributed by atoms with E-state index in [1.165, 1.54) is 6.42 Å². The summed E-state index contributed by atoms with van der Waals surface area (Å²) in [6.07, 6.45) is 7.17. The van der Waals surface area contributed by atoms with Gasteiger partial charge in [0.05, 0.1) is 5.54 Å². The lowest BCUT2D eigenvalue weighted by Gasteiger charge is -2.32. The largest absolute Gasteiger partial charge is 0.381 e. The number of nitrogens with two attached hydrogens (primary N) is 1. The highest BCUT2D eigenvalue weighted by Crippen LogP contribution is 2.26. The van der Waals surface area contributed by atoms with Crippen molar-refractivity contribution in [1.82, 2.24) is 5.32 Å². The maximum Gasteiger partial charge on any atom is 0.240 e. The van der Waals surface area contributed by atoms with E-state index in [1.807, 2.05) is 0 Å². The topological polar surface area (TPSA) is 64.4 Å². The Balaban J connectivity index is 1.75. The summed E-state index contributed by atoms with van der Waals surface area (Å²) in [5.41, 5.74) is 5.59. The van der Waals surface area contributed by atoms with Crippen molar-refractivity contribution >= 4 is 5.91 Å². The maximum atomic E-state index is 12.1. The van der Waals surface area contributed by atoms with Gasteiger partial charge in [0.25, 0.3) is 0 Å². The van der Waals surface area contributed by atoms with Crippen molar-refractivity contribution < 1.29 is 9.53 Å². The van der Waals surface area contributed by atoms with E-state index in [0.29, 0.717) is 5.92 Å². The molecule has 0 atom stereocenters. The van der Waals surface area contributed by atoms with E-state index in [9.17, 15) is 4.79 Å². The summed E-state index contributed by atoms with van der Waals surface area (Å²) in [7, 11) is 0. The molecule has 0 aromatic carbocycles. The van der Waals surface area contributed by atoms with Crippen molar-refractivity contribution in [3.8, 4) is 0 Å². The molecule has 1 heterocycles. The van der Waals surface area contributed by atoms with E-state index in [-0.39, 0.29) is 5.91 Å². The standard InChI is InChI=1S/C13H24N2O2/c14-13(6-2-1-3-7-13)12(16)15-10-11-4-8-17-9-5-11/h11H,1-10,14H2,(H,15,16). The summed E-state index contributed by atoms with van der Waals surface area (Å²) in [6.45, 7) is 2.42. The molecule has 0 spiro atoms. The van der Waals surface area contributed by atoms with Gasteiger partial charge >= 0.3 is 0 Å². The van der Waals surface area contributed by atoms with E-state index in [0.717, 1.165) is 58.3 Å². The lowest BCUT2D eigenvalue weighted by Crippen LogP contribution is -2.55. The molecule has 1 aliphatic carbocycles. The van der Waals surface area contributed by atoms with Gasteiger partial charge in [-0.15, -0.1) is 0 Å². The predicted octanol–water partition coefficient (Wildman–Crippen LogP) is 1.19. The van der Waals surface area contributed by atoms with E-state index < -0.39 is 5.54 Å². The predicted molar refractivity (Wildman–Crippen MR) is 66.6 cm³/mol. The van der Waals surface area contributed by atoms with Crippen LogP contribution >= 0.6 is 0 Å². The first-order valence-corrected chi connectivity index (χ1v) is 6.86. The van der Waals surface area contributed by atoms with Crippen molar-refractivity contribution in [3.63, 3.8) is 0 Å². The minimum Gasteiger partial charge on any atom is -0.381 e. The van der Waals surface area contributed by atoms with Gasteiger partial charge in [-0.1, -0.05) is 19.3 Å². The number of amides is 1. The second-order valence-electron chi connectivity index (χ2n) is 5.48. The summed E-state index contributed by atoms with van der Waals surface area (Å²) in [6, 6.07) is 0. The van der Waals surface area contributed by atoms with Crippen LogP contribution in [0.2, 0.25) is 0 Å². The van der Waals surface area contributed by atoms with E-state index in [1.54, 1.807) is 0 Å². The number of hydrogen-bond donors (Lipinski definition) is 2. The van der Waals surface area contributed by atoms with E-state index in [2.05, 4.69) is 5.32 Å². The molecule has 98 valence electrons. The van der Waals surface area contributed by atoms with Gasteiger partial charge in [0, 0.05) is 19.8 Å². The lowest BCUT2D eigenvalue weighted by molar-refractivity contribution is -0.127. The van der Waals surface area contributed by atoms with Crippen LogP contribution in [0.5, 0.6) is 0 Å². The highest BCUT2D eigenvalue weighted by molar-refractivity contribution is 5.86. The van der Waals surface area contributed by atoms with Crippen LogP contribution < -0.4 is 11.1 Å². The molecule has 0 unspecified atom stereocenters. The summed E-state index contributed by atoms with van der Waals surface area (Å²) >= 11 is 0. The Morgan fingerprint density at radius 1 is 1.24 bits per heavy atom. The highest BCUT2D eigenvalue weighted by Gasteiger charge is 2.35. The van der Waals surface area contributed by atoms with Gasteiger partial charge in [-0.25, -0.2) is 0 Å². The second kappa shape index (κ2) is 5.83. The first kappa shape index (κ1) is 12.8. The average molecular weight is 240 g/mol. The molecule has 3 N–H and O–H groups in total. The molecule has 0 aromatic rings. The van der Waals surface area contributed by atoms with Crippen LogP contribution in [-0.4, -0.2) is 31.2 Å². The number of carbonyl (C=O) groups is 1. The first-order chi connectivity index (χ1) is 8.21. The van der Waals surface area contributed by atoms with Gasteiger partial charge in [0.15, 0.2) is 0 Å². The highest BCUT2D eigenvalue weighted by atomic mass is 16.5. The Morgan fingerprint density at radius 3 is 2.53 bits per heavy atom. The molecule has 0 bridgehead atoms. The zero-order valence-corrected chi connectivity index (χ0v) is 10.5. The van der Waals surface area contributed by atoms with Gasteiger partial charge in [0.1, 0.15) is 0 Å². The van der Waals surface area contributed by atoms with E-state index in [4.69, 9.17) is 10.5 Å². The molecule has 0 aromatic heterocycles. The van der Waals surface area contributed by atoms with Crippen molar-refractivity contribution in [2.75, 3.05) is 19.8 Å². The van der Waals surface area contributed by atoms with Gasteiger partial charge in [-0.2, -0.15) is 0 Å². The van der Waals surface area contributed by atoms with Crippen LogP contribution in [0.25, 0.3) is 0 Å². The molecular formula is C13H24N2O2. The van der Waals surface area contributed by atoms with Crippen molar-refractivity contribution in [1.29, 1.82) is 0 Å². The van der Waals surface area contributed by atoms with Crippen LogP contribution in [-0.2, 0) is 9.53 Å². The normalized spacial score (nSPS) is 25.5. The molecule has 1 amide bonds. The fraction of sp³-hybridized carbons (Fsp3) is 0.923. The molecule has 2 aliphatic rings. The average Bonchev–Trinajstić information content (AvgIpc) is 2.38. The monoisotopic (exact) mass is 240 g/mol. The zero-order valence-electron chi connectivity index (χ0n) is 10.5. The molecule has 1 saturated heterocycles. The number of hydrogen-bond acceptors (Lipinski definition) is 3. The summed E-state index contributed by atoms with van der Waals surface area (Å²) in [5, 5.41) is 3.04. The van der Waals surface area contributed by atoms with Crippen LogP contribution in [0.1, 0.15) is 44.9 Å². The quantitative estimate of drug-likeness (QED) is 0.779. The molecule has 4 nitrogen and oxygen atoms in total. The van der Waals surface area contributed by atoms with Gasteiger partial charge in [-0.05, 0) is 31.6 Å². The molecule has 0 radical (unpaired) electrons. The molecule has 1 aliphatic heterocycles. The smallest absolute Gasteiger partial charge is 0.240 e. The molecule has 2 fully saturated rings. The third kappa shape index (κ3) is 3.42. The third-order valence-electron chi connectivity index (χ3n) is 4.09. The number of ether oxygens (including phenoxy) is 1. The Labute approximate surface area is 103 Å². The fourth-order valence-electron chi connectivity index (χ4n) is 2.77. The van der Waals surface area contributed by atoms with Crippen LogP contribution in [0.15, 0.2) is 0 Å². The van der Waals surface area contributed by atoms with Crippen molar-refractivity contribution in [2.24, 2.45) is 11.7 Å². The number of rotatable bonds is 3. The molecule has 1 saturated carbocycles. The minimum atomic E-state index is -0.594. The van der Waals surface area contributed by atoms with Gasteiger partial charge in [0.2, 0.25) is 5.91 Å². The molecule has 17 heavy (non-hydrogen) atoms. The van der Waals surface area contributed by atoms with Crippen LogP contribution in [0, 0.1) is 5.92 Å². The lowest BCUT2D eigenvalue weighted by atomic mass is 9.82. The maximum absolute atomic E-state index is 12.1. The van der Waals surface area contributed by atoms with Crippen molar-refractivity contribution in [2.45, 2.75) is 50.5 Å². The second-order valence-corrected chi connectivity index (χ2v) is 5.48. The number of carbonyl (C=O) groups excluding carboxylic acids is 1. The fourth-order valence-corrected chi connectivity index (χ4v) is 2.77. The van der Waals surface area contributed by atoms with Crippen molar-refractivity contribution in [3.05, 3.63) is 0 Å². The molecule has 2 rings (SSSR count). The third-order valence-corrected chi connectivity index (χ3v) is 4.09. The first-order valence-electron chi connectivity index (χ1n) is 6.86. The van der Waals surface area contributed by atoms with Gasteiger partial charge in [-0.3, -0.25) is 4.79 Å². The van der Waals surface area contributed by atoms with Crippen LogP contribution in [0.3, 0.4) is 0 Å². The Bertz CT molecular complexity index is 256.